The van der Waals surface area contributed by atoms with Crippen molar-refractivity contribution in [1.82, 2.24) is 0 Å². The molecular formula is C12H13BrO3. The summed E-state index contributed by atoms with van der Waals surface area (Å²) in [6, 6.07) is 1.90. The van der Waals surface area contributed by atoms with Gasteiger partial charge < -0.3 is 9.47 Å². The molecule has 86 valence electrons. The molecule has 4 heteroatoms. The summed E-state index contributed by atoms with van der Waals surface area (Å²) in [4.78, 5) is 11.2. The monoisotopic (exact) mass is 284 g/mol. The molecule has 0 unspecified atom stereocenters. The minimum absolute atomic E-state index is 0.145. The van der Waals surface area contributed by atoms with Gasteiger partial charge in [-0.15, -0.1) is 0 Å². The lowest BCUT2D eigenvalue weighted by molar-refractivity contribution is -0.116. The summed E-state index contributed by atoms with van der Waals surface area (Å²) < 4.78 is 11.9. The van der Waals surface area contributed by atoms with Gasteiger partial charge in [-0.2, -0.15) is 0 Å². The SMILES string of the molecule is CC(=O)Cc1cc2c(c(Br)c1C)OCCO2. The summed E-state index contributed by atoms with van der Waals surface area (Å²) in [7, 11) is 0. The number of halogens is 1. The van der Waals surface area contributed by atoms with Crippen LogP contribution in [0.1, 0.15) is 18.1 Å². The van der Waals surface area contributed by atoms with Gasteiger partial charge in [-0.1, -0.05) is 0 Å². The fraction of sp³-hybridized carbons (Fsp3) is 0.417. The second-order valence-electron chi connectivity index (χ2n) is 3.88. The normalized spacial score (nSPS) is 13.7. The van der Waals surface area contributed by atoms with Crippen molar-refractivity contribution in [3.05, 3.63) is 21.7 Å². The fourth-order valence-electron chi connectivity index (χ4n) is 1.74. The maximum Gasteiger partial charge on any atom is 0.175 e. The summed E-state index contributed by atoms with van der Waals surface area (Å²) in [5.41, 5.74) is 2.03. The zero-order chi connectivity index (χ0) is 11.7. The molecule has 0 N–H and O–H groups in total. The van der Waals surface area contributed by atoms with Gasteiger partial charge in [0, 0.05) is 6.42 Å². The zero-order valence-electron chi connectivity index (χ0n) is 9.30. The van der Waals surface area contributed by atoms with Crippen molar-refractivity contribution in [3.63, 3.8) is 0 Å². The summed E-state index contributed by atoms with van der Waals surface area (Å²) in [6.45, 7) is 4.68. The van der Waals surface area contributed by atoms with Crippen LogP contribution in [0.5, 0.6) is 11.5 Å². The van der Waals surface area contributed by atoms with Gasteiger partial charge in [0.2, 0.25) is 0 Å². The fourth-order valence-corrected chi connectivity index (χ4v) is 2.30. The highest BCUT2D eigenvalue weighted by Gasteiger charge is 2.19. The molecule has 1 aliphatic rings. The highest BCUT2D eigenvalue weighted by Crippen LogP contribution is 2.41. The molecule has 2 rings (SSSR count). The van der Waals surface area contributed by atoms with E-state index in [1.807, 2.05) is 13.0 Å². The van der Waals surface area contributed by atoms with Crippen molar-refractivity contribution in [2.24, 2.45) is 0 Å². The third-order valence-corrected chi connectivity index (χ3v) is 3.52. The number of ketones is 1. The van der Waals surface area contributed by atoms with E-state index < -0.39 is 0 Å². The number of carbonyl (C=O) groups excluding carboxylic acids is 1. The van der Waals surface area contributed by atoms with Crippen molar-refractivity contribution in [2.45, 2.75) is 20.3 Å². The van der Waals surface area contributed by atoms with E-state index in [4.69, 9.17) is 9.47 Å². The number of ether oxygens (including phenoxy) is 2. The van der Waals surface area contributed by atoms with Crippen LogP contribution in [0.4, 0.5) is 0 Å². The Kier molecular flexibility index (Phi) is 3.19. The number of hydrogen-bond donors (Lipinski definition) is 0. The van der Waals surface area contributed by atoms with E-state index in [9.17, 15) is 4.79 Å². The predicted molar refractivity (Wildman–Crippen MR) is 64.3 cm³/mol. The van der Waals surface area contributed by atoms with E-state index in [0.29, 0.717) is 19.6 Å². The molecule has 0 fully saturated rings. The van der Waals surface area contributed by atoms with Crippen molar-refractivity contribution in [2.75, 3.05) is 13.2 Å². The second-order valence-corrected chi connectivity index (χ2v) is 4.67. The Hall–Kier alpha value is -1.03. The molecule has 0 bridgehead atoms. The van der Waals surface area contributed by atoms with Crippen LogP contribution < -0.4 is 9.47 Å². The molecule has 0 amide bonds. The molecule has 1 aliphatic heterocycles. The van der Waals surface area contributed by atoms with Crippen molar-refractivity contribution >= 4 is 21.7 Å². The minimum Gasteiger partial charge on any atom is -0.486 e. The highest BCUT2D eigenvalue weighted by atomic mass is 79.9. The Morgan fingerprint density at radius 2 is 2.12 bits per heavy atom. The van der Waals surface area contributed by atoms with Gasteiger partial charge in [0.25, 0.3) is 0 Å². The standard InChI is InChI=1S/C12H13BrO3/c1-7(14)5-9-6-10-12(11(13)8(9)2)16-4-3-15-10/h6H,3-5H2,1-2H3. The van der Waals surface area contributed by atoms with E-state index in [-0.39, 0.29) is 5.78 Å². The third kappa shape index (κ3) is 2.07. The lowest BCUT2D eigenvalue weighted by atomic mass is 10.0. The molecule has 0 aliphatic carbocycles. The van der Waals surface area contributed by atoms with Gasteiger partial charge in [0.15, 0.2) is 11.5 Å². The predicted octanol–water partition coefficient (Wildman–Crippen LogP) is 2.66. The van der Waals surface area contributed by atoms with Crippen LogP contribution >= 0.6 is 15.9 Å². The Bertz CT molecular complexity index is 440. The highest BCUT2D eigenvalue weighted by molar-refractivity contribution is 9.10. The van der Waals surface area contributed by atoms with Crippen molar-refractivity contribution < 1.29 is 14.3 Å². The van der Waals surface area contributed by atoms with Crippen LogP contribution in [0.3, 0.4) is 0 Å². The molecule has 0 saturated carbocycles. The van der Waals surface area contributed by atoms with Crippen molar-refractivity contribution in [3.8, 4) is 11.5 Å². The molecule has 3 nitrogen and oxygen atoms in total. The van der Waals surface area contributed by atoms with E-state index in [2.05, 4.69) is 15.9 Å². The molecule has 1 aromatic rings. The quantitative estimate of drug-likeness (QED) is 0.838. The topological polar surface area (TPSA) is 35.5 Å². The molecule has 1 aromatic carbocycles. The Labute approximate surface area is 103 Å². The average Bonchev–Trinajstić information content (AvgIpc) is 2.25. The summed E-state index contributed by atoms with van der Waals surface area (Å²) >= 11 is 3.49. The molecule has 0 radical (unpaired) electrons. The number of hydrogen-bond acceptors (Lipinski definition) is 3. The molecule has 0 spiro atoms. The molecule has 1 heterocycles. The van der Waals surface area contributed by atoms with Crippen LogP contribution in [0.25, 0.3) is 0 Å². The number of benzene rings is 1. The summed E-state index contributed by atoms with van der Waals surface area (Å²) in [5, 5.41) is 0. The second kappa shape index (κ2) is 4.45. The zero-order valence-corrected chi connectivity index (χ0v) is 10.9. The number of Topliss-reactive ketones (excluding diaryl/α,β-unsaturated/α-hetero) is 1. The first kappa shape index (κ1) is 11.5. The smallest absolute Gasteiger partial charge is 0.175 e. The maximum absolute atomic E-state index is 11.2. The Balaban J connectivity index is 2.48. The van der Waals surface area contributed by atoms with Crippen LogP contribution in [0.15, 0.2) is 10.5 Å². The third-order valence-electron chi connectivity index (χ3n) is 2.57. The van der Waals surface area contributed by atoms with Crippen molar-refractivity contribution in [1.29, 1.82) is 0 Å². The van der Waals surface area contributed by atoms with Gasteiger partial charge in [0.1, 0.15) is 19.0 Å². The maximum atomic E-state index is 11.2. The largest absolute Gasteiger partial charge is 0.486 e. The van der Waals surface area contributed by atoms with Crippen LogP contribution in [0, 0.1) is 6.92 Å². The Morgan fingerprint density at radius 3 is 2.81 bits per heavy atom. The van der Waals surface area contributed by atoms with Gasteiger partial charge in [-0.3, -0.25) is 4.79 Å². The lowest BCUT2D eigenvalue weighted by Gasteiger charge is -2.22. The molecular weight excluding hydrogens is 272 g/mol. The first-order valence-electron chi connectivity index (χ1n) is 5.16. The molecule has 16 heavy (non-hydrogen) atoms. The first-order valence-corrected chi connectivity index (χ1v) is 5.96. The number of carbonyl (C=O) groups is 1. The average molecular weight is 285 g/mol. The van der Waals surface area contributed by atoms with Crippen LogP contribution in [-0.2, 0) is 11.2 Å². The van der Waals surface area contributed by atoms with E-state index >= 15 is 0 Å². The number of fused-ring (bicyclic) bond motifs is 1. The van der Waals surface area contributed by atoms with Gasteiger partial charge >= 0.3 is 0 Å². The number of rotatable bonds is 2. The van der Waals surface area contributed by atoms with Crippen LogP contribution in [0.2, 0.25) is 0 Å². The minimum atomic E-state index is 0.145. The molecule has 0 atom stereocenters. The molecule has 0 aromatic heterocycles. The van der Waals surface area contributed by atoms with Crippen LogP contribution in [-0.4, -0.2) is 19.0 Å². The summed E-state index contributed by atoms with van der Waals surface area (Å²) in [5.74, 6) is 1.61. The van der Waals surface area contributed by atoms with E-state index in [1.54, 1.807) is 6.92 Å². The first-order chi connectivity index (χ1) is 7.59. The van der Waals surface area contributed by atoms with Gasteiger partial charge in [0.05, 0.1) is 4.47 Å². The Morgan fingerprint density at radius 1 is 1.44 bits per heavy atom. The molecule has 0 saturated heterocycles. The summed E-state index contributed by atoms with van der Waals surface area (Å²) in [6.07, 6.45) is 0.432. The lowest BCUT2D eigenvalue weighted by Crippen LogP contribution is -2.16. The van der Waals surface area contributed by atoms with E-state index in [1.165, 1.54) is 0 Å². The van der Waals surface area contributed by atoms with E-state index in [0.717, 1.165) is 27.1 Å². The van der Waals surface area contributed by atoms with Gasteiger partial charge in [-0.05, 0) is 47.0 Å². The van der Waals surface area contributed by atoms with Gasteiger partial charge in [-0.25, -0.2) is 0 Å².